The van der Waals surface area contributed by atoms with E-state index < -0.39 is 18.0 Å². The van der Waals surface area contributed by atoms with Gasteiger partial charge in [0.05, 0.1) is 6.54 Å². The fourth-order valence-corrected chi connectivity index (χ4v) is 4.34. The topological polar surface area (TPSA) is 84.5 Å². The summed E-state index contributed by atoms with van der Waals surface area (Å²) in [6.07, 6.45) is 2.14. The van der Waals surface area contributed by atoms with E-state index in [4.69, 9.17) is 4.74 Å². The van der Waals surface area contributed by atoms with Crippen molar-refractivity contribution in [2.75, 3.05) is 11.9 Å². The molecule has 0 bridgehead atoms. The largest absolute Gasteiger partial charge is 0.448 e. The molecule has 1 heterocycles. The minimum Gasteiger partial charge on any atom is -0.448 e. The number of carbonyl (C=O) groups excluding carboxylic acids is 3. The summed E-state index contributed by atoms with van der Waals surface area (Å²) < 4.78 is 5.25. The van der Waals surface area contributed by atoms with Gasteiger partial charge in [-0.2, -0.15) is 0 Å². The number of rotatable bonds is 6. The van der Waals surface area contributed by atoms with Crippen LogP contribution < -0.4 is 10.6 Å². The summed E-state index contributed by atoms with van der Waals surface area (Å²) in [6.45, 7) is 5.12. The first-order valence-electron chi connectivity index (χ1n) is 9.31. The van der Waals surface area contributed by atoms with Gasteiger partial charge in [0.2, 0.25) is 5.91 Å². The second kappa shape index (κ2) is 8.56. The van der Waals surface area contributed by atoms with Crippen LogP contribution in [0.5, 0.6) is 0 Å². The van der Waals surface area contributed by atoms with Crippen molar-refractivity contribution in [3.63, 3.8) is 0 Å². The number of carbonyl (C=O) groups is 3. The van der Waals surface area contributed by atoms with E-state index in [9.17, 15) is 14.4 Å². The molecule has 0 unspecified atom stereocenters. The lowest BCUT2D eigenvalue weighted by Gasteiger charge is -2.14. The molecule has 0 aliphatic heterocycles. The van der Waals surface area contributed by atoms with Crippen molar-refractivity contribution in [2.45, 2.75) is 46.1 Å². The number of ether oxygens (including phenoxy) is 1. The minimum absolute atomic E-state index is 0.193. The van der Waals surface area contributed by atoms with E-state index in [0.717, 1.165) is 36.1 Å². The molecule has 0 saturated carbocycles. The van der Waals surface area contributed by atoms with E-state index in [-0.39, 0.29) is 12.5 Å². The lowest BCUT2D eigenvalue weighted by atomic mass is 10.1. The van der Waals surface area contributed by atoms with E-state index in [2.05, 4.69) is 10.6 Å². The highest BCUT2D eigenvalue weighted by Gasteiger charge is 2.23. The molecule has 0 saturated heterocycles. The summed E-state index contributed by atoms with van der Waals surface area (Å²) in [5.41, 5.74) is 3.85. The van der Waals surface area contributed by atoms with E-state index in [1.165, 1.54) is 28.7 Å². The molecule has 1 aliphatic rings. The summed E-state index contributed by atoms with van der Waals surface area (Å²) in [6, 6.07) is 7.59. The lowest BCUT2D eigenvalue weighted by molar-refractivity contribution is -0.130. The van der Waals surface area contributed by atoms with Crippen molar-refractivity contribution in [1.29, 1.82) is 0 Å². The second-order valence-corrected chi connectivity index (χ2v) is 8.13. The van der Waals surface area contributed by atoms with E-state index in [1.807, 2.05) is 38.1 Å². The highest BCUT2D eigenvalue weighted by atomic mass is 32.1. The molecular formula is C21H24N2O4S. The van der Waals surface area contributed by atoms with E-state index >= 15 is 0 Å². The van der Waals surface area contributed by atoms with E-state index in [0.29, 0.717) is 4.88 Å². The van der Waals surface area contributed by atoms with E-state index in [1.54, 1.807) is 0 Å². The molecular weight excluding hydrogens is 376 g/mol. The Labute approximate surface area is 168 Å². The molecule has 2 N–H and O–H groups in total. The van der Waals surface area contributed by atoms with Crippen LogP contribution in [0.2, 0.25) is 0 Å². The maximum atomic E-state index is 12.2. The summed E-state index contributed by atoms with van der Waals surface area (Å²) in [5.74, 6) is -1.34. The molecule has 6 nitrogen and oxygen atoms in total. The zero-order chi connectivity index (χ0) is 20.3. The van der Waals surface area contributed by atoms with Gasteiger partial charge in [0, 0.05) is 10.6 Å². The minimum atomic E-state index is -0.975. The zero-order valence-electron chi connectivity index (χ0n) is 16.3. The lowest BCUT2D eigenvalue weighted by Crippen LogP contribution is -2.40. The van der Waals surface area contributed by atoms with Gasteiger partial charge in [0.1, 0.15) is 4.88 Å². The van der Waals surface area contributed by atoms with Gasteiger partial charge >= 0.3 is 5.97 Å². The van der Waals surface area contributed by atoms with Crippen LogP contribution in [0.15, 0.2) is 24.3 Å². The molecule has 1 aliphatic carbocycles. The van der Waals surface area contributed by atoms with Gasteiger partial charge in [-0.15, -0.1) is 11.3 Å². The average Bonchev–Trinajstić information content (AvgIpc) is 3.25. The first-order valence-corrected chi connectivity index (χ1v) is 10.1. The quantitative estimate of drug-likeness (QED) is 0.730. The molecule has 0 spiro atoms. The highest BCUT2D eigenvalue weighted by molar-refractivity contribution is 7.14. The Morgan fingerprint density at radius 2 is 1.89 bits per heavy atom. The number of anilines is 1. The predicted molar refractivity (Wildman–Crippen MR) is 109 cm³/mol. The Morgan fingerprint density at radius 3 is 2.57 bits per heavy atom. The van der Waals surface area contributed by atoms with Crippen molar-refractivity contribution < 1.29 is 19.1 Å². The summed E-state index contributed by atoms with van der Waals surface area (Å²) in [5, 5.41) is 5.31. The van der Waals surface area contributed by atoms with Crippen molar-refractivity contribution in [3.8, 4) is 0 Å². The Kier molecular flexibility index (Phi) is 6.14. The van der Waals surface area contributed by atoms with Gasteiger partial charge in [0.25, 0.3) is 5.91 Å². The summed E-state index contributed by atoms with van der Waals surface area (Å²) in [4.78, 5) is 38.3. The molecule has 28 heavy (non-hydrogen) atoms. The van der Waals surface area contributed by atoms with Crippen molar-refractivity contribution in [3.05, 3.63) is 50.7 Å². The number of esters is 1. The third-order valence-corrected chi connectivity index (χ3v) is 5.99. The molecule has 7 heteroatoms. The van der Waals surface area contributed by atoms with Crippen LogP contribution in [-0.4, -0.2) is 30.4 Å². The van der Waals surface area contributed by atoms with Crippen molar-refractivity contribution in [1.82, 2.24) is 5.32 Å². The second-order valence-electron chi connectivity index (χ2n) is 6.99. The smallest absolute Gasteiger partial charge is 0.349 e. The molecule has 1 atom stereocenters. The number of thiophene rings is 1. The number of nitrogens with one attached hydrogen (secondary N) is 2. The molecule has 0 fully saturated rings. The summed E-state index contributed by atoms with van der Waals surface area (Å²) in [7, 11) is 0. The Bertz CT molecular complexity index is 877. The average molecular weight is 401 g/mol. The first-order chi connectivity index (χ1) is 13.3. The maximum Gasteiger partial charge on any atom is 0.349 e. The van der Waals surface area contributed by atoms with Crippen LogP contribution in [0.1, 0.15) is 44.6 Å². The molecule has 2 amide bonds. The number of fused-ring (bicyclic) bond motifs is 1. The fraction of sp³-hybridized carbons (Fsp3) is 0.381. The van der Waals surface area contributed by atoms with Gasteiger partial charge in [-0.1, -0.05) is 18.2 Å². The van der Waals surface area contributed by atoms with Crippen LogP contribution in [-0.2, 0) is 27.2 Å². The number of hydrogen-bond acceptors (Lipinski definition) is 5. The van der Waals surface area contributed by atoms with Crippen LogP contribution in [0, 0.1) is 13.8 Å². The normalized spacial score (nSPS) is 13.5. The van der Waals surface area contributed by atoms with Gasteiger partial charge < -0.3 is 15.4 Å². The van der Waals surface area contributed by atoms with Crippen LogP contribution in [0.3, 0.4) is 0 Å². The SMILES string of the molecule is Cc1cccc(C)c1NC(=O)CNC(=O)[C@H](C)OC(=O)c1cc2c(s1)CCC2. The fourth-order valence-electron chi connectivity index (χ4n) is 3.21. The number of para-hydroxylation sites is 1. The third kappa shape index (κ3) is 4.59. The maximum absolute atomic E-state index is 12.2. The molecule has 148 valence electrons. The summed E-state index contributed by atoms with van der Waals surface area (Å²) >= 11 is 1.44. The van der Waals surface area contributed by atoms with Crippen LogP contribution in [0.4, 0.5) is 5.69 Å². The molecule has 3 rings (SSSR count). The number of hydrogen-bond donors (Lipinski definition) is 2. The first kappa shape index (κ1) is 20.1. The molecule has 0 radical (unpaired) electrons. The predicted octanol–water partition coefficient (Wildman–Crippen LogP) is 3.15. The highest BCUT2D eigenvalue weighted by Crippen LogP contribution is 2.31. The van der Waals surface area contributed by atoms with Gasteiger partial charge in [-0.05, 0) is 62.8 Å². The molecule has 1 aromatic carbocycles. The number of aryl methyl sites for hydroxylation is 4. The van der Waals surface area contributed by atoms with Gasteiger partial charge in [-0.25, -0.2) is 4.79 Å². The molecule has 2 aromatic rings. The van der Waals surface area contributed by atoms with Crippen LogP contribution >= 0.6 is 11.3 Å². The Hall–Kier alpha value is -2.67. The zero-order valence-corrected chi connectivity index (χ0v) is 17.1. The number of benzene rings is 1. The van der Waals surface area contributed by atoms with Crippen molar-refractivity contribution >= 4 is 34.8 Å². The third-order valence-electron chi connectivity index (χ3n) is 4.77. The van der Waals surface area contributed by atoms with Crippen LogP contribution in [0.25, 0.3) is 0 Å². The Balaban J connectivity index is 1.48. The molecule has 1 aromatic heterocycles. The monoisotopic (exact) mass is 400 g/mol. The Morgan fingerprint density at radius 1 is 1.18 bits per heavy atom. The van der Waals surface area contributed by atoms with Gasteiger partial charge in [-0.3, -0.25) is 9.59 Å². The standard InChI is InChI=1S/C21H24N2O4S/c1-12-6-4-7-13(2)19(12)23-18(24)11-22-20(25)14(3)27-21(26)17-10-15-8-5-9-16(15)28-17/h4,6-7,10,14H,5,8-9,11H2,1-3H3,(H,22,25)(H,23,24)/t14-/m0/s1. The van der Waals surface area contributed by atoms with Gasteiger partial charge in [0.15, 0.2) is 6.10 Å². The number of amides is 2. The van der Waals surface area contributed by atoms with Crippen molar-refractivity contribution in [2.24, 2.45) is 0 Å².